The van der Waals surface area contributed by atoms with Gasteiger partial charge >= 0.3 is 0 Å². The summed E-state index contributed by atoms with van der Waals surface area (Å²) in [6, 6.07) is 11.3. The second-order valence-corrected chi connectivity index (χ2v) is 7.20. The van der Waals surface area contributed by atoms with Crippen LogP contribution in [0.1, 0.15) is 10.4 Å². The fraction of sp³-hybridized carbons (Fsp3) is 0.250. The van der Waals surface area contributed by atoms with Crippen molar-refractivity contribution in [1.82, 2.24) is 14.6 Å². The third-order valence-electron chi connectivity index (χ3n) is 3.82. The van der Waals surface area contributed by atoms with Crippen LogP contribution in [0.5, 0.6) is 0 Å². The maximum absolute atomic E-state index is 12.5. The molecule has 24 heavy (non-hydrogen) atoms. The van der Waals surface area contributed by atoms with E-state index in [2.05, 4.69) is 15.0 Å². The van der Waals surface area contributed by atoms with E-state index in [1.54, 1.807) is 60.6 Å². The highest BCUT2D eigenvalue weighted by Crippen LogP contribution is 2.19. The summed E-state index contributed by atoms with van der Waals surface area (Å²) in [4.78, 5) is 18.4. The van der Waals surface area contributed by atoms with Crippen molar-refractivity contribution in [3.63, 3.8) is 0 Å². The molecule has 8 heteroatoms. The molecular formula is C16H18N4O3S. The Kier molecular flexibility index (Phi) is 4.50. The first-order valence-corrected chi connectivity index (χ1v) is 8.99. The van der Waals surface area contributed by atoms with Gasteiger partial charge in [-0.3, -0.25) is 4.79 Å². The minimum absolute atomic E-state index is 0.164. The molecule has 1 saturated heterocycles. The van der Waals surface area contributed by atoms with Crippen LogP contribution in [0.15, 0.2) is 53.6 Å². The van der Waals surface area contributed by atoms with Gasteiger partial charge in [-0.25, -0.2) is 18.1 Å². The van der Waals surface area contributed by atoms with Crippen molar-refractivity contribution >= 4 is 21.7 Å². The molecule has 1 aliphatic rings. The van der Waals surface area contributed by atoms with Gasteiger partial charge in [-0.1, -0.05) is 18.2 Å². The number of sulfonamides is 1. The van der Waals surface area contributed by atoms with E-state index >= 15 is 0 Å². The molecule has 0 spiro atoms. The zero-order chi connectivity index (χ0) is 17.2. The summed E-state index contributed by atoms with van der Waals surface area (Å²) in [5.41, 5.74) is 0.476. The first-order valence-electron chi connectivity index (χ1n) is 7.50. The molecule has 1 aliphatic heterocycles. The van der Waals surface area contributed by atoms with Crippen molar-refractivity contribution in [3.05, 3.63) is 54.2 Å². The standard InChI is InChI=1S/C16H18N4O3S/c1-17-15-14(8-5-9-18-15)16(21)20-10-12(11-20)19-24(22,23)13-6-3-2-4-7-13/h2-9,12,19H,10-11H2,1H3,(H,17,18). The molecule has 0 saturated carbocycles. The van der Waals surface area contributed by atoms with Crippen LogP contribution in [-0.4, -0.2) is 50.4 Å². The van der Waals surface area contributed by atoms with Gasteiger partial charge in [0.2, 0.25) is 10.0 Å². The van der Waals surface area contributed by atoms with Gasteiger partial charge in [-0.05, 0) is 24.3 Å². The summed E-state index contributed by atoms with van der Waals surface area (Å²) < 4.78 is 27.1. The maximum Gasteiger partial charge on any atom is 0.257 e. The molecule has 1 aromatic carbocycles. The molecule has 0 aliphatic carbocycles. The summed E-state index contributed by atoms with van der Waals surface area (Å²) >= 11 is 0. The van der Waals surface area contributed by atoms with Gasteiger partial charge in [0.25, 0.3) is 5.91 Å². The number of hydrogen-bond donors (Lipinski definition) is 2. The molecule has 0 bridgehead atoms. The summed E-state index contributed by atoms with van der Waals surface area (Å²) in [6.45, 7) is 0.673. The van der Waals surface area contributed by atoms with E-state index in [1.807, 2.05) is 0 Å². The Morgan fingerprint density at radius 3 is 2.54 bits per heavy atom. The minimum Gasteiger partial charge on any atom is -0.372 e. The third kappa shape index (κ3) is 3.24. The fourth-order valence-corrected chi connectivity index (χ4v) is 3.79. The van der Waals surface area contributed by atoms with E-state index in [1.165, 1.54) is 0 Å². The lowest BCUT2D eigenvalue weighted by atomic mass is 10.1. The highest BCUT2D eigenvalue weighted by molar-refractivity contribution is 7.89. The van der Waals surface area contributed by atoms with Crippen LogP contribution < -0.4 is 10.0 Å². The number of likely N-dealkylation sites (tertiary alicyclic amines) is 1. The quantitative estimate of drug-likeness (QED) is 0.840. The zero-order valence-corrected chi connectivity index (χ0v) is 14.0. The Morgan fingerprint density at radius 2 is 1.88 bits per heavy atom. The molecule has 126 valence electrons. The van der Waals surface area contributed by atoms with Gasteiger partial charge in [-0.15, -0.1) is 0 Å². The first kappa shape index (κ1) is 16.4. The molecule has 7 nitrogen and oxygen atoms in total. The van der Waals surface area contributed by atoms with Gasteiger partial charge in [-0.2, -0.15) is 0 Å². The predicted molar refractivity (Wildman–Crippen MR) is 90.2 cm³/mol. The largest absolute Gasteiger partial charge is 0.372 e. The number of carbonyl (C=O) groups excluding carboxylic acids is 1. The average molecular weight is 346 g/mol. The number of pyridine rings is 1. The summed E-state index contributed by atoms with van der Waals surface area (Å²) in [7, 11) is -1.86. The van der Waals surface area contributed by atoms with Crippen molar-refractivity contribution in [3.8, 4) is 0 Å². The predicted octanol–water partition coefficient (Wildman–Crippen LogP) is 0.926. The molecule has 1 aromatic heterocycles. The van der Waals surface area contributed by atoms with Gasteiger partial charge in [0, 0.05) is 26.3 Å². The van der Waals surface area contributed by atoms with Crippen LogP contribution in [0.4, 0.5) is 5.82 Å². The minimum atomic E-state index is -3.56. The Labute approximate surface area is 140 Å². The lowest BCUT2D eigenvalue weighted by Gasteiger charge is -2.39. The number of carbonyl (C=O) groups is 1. The zero-order valence-electron chi connectivity index (χ0n) is 13.1. The smallest absolute Gasteiger partial charge is 0.257 e. The van der Waals surface area contributed by atoms with Crippen molar-refractivity contribution in [1.29, 1.82) is 0 Å². The number of rotatable bonds is 5. The second-order valence-electron chi connectivity index (χ2n) is 5.49. The third-order valence-corrected chi connectivity index (χ3v) is 5.36. The van der Waals surface area contributed by atoms with E-state index < -0.39 is 10.0 Å². The number of nitrogens with zero attached hydrogens (tertiary/aromatic N) is 2. The number of anilines is 1. The molecule has 2 aromatic rings. The maximum atomic E-state index is 12.5. The van der Waals surface area contributed by atoms with Gasteiger partial charge < -0.3 is 10.2 Å². The van der Waals surface area contributed by atoms with E-state index in [4.69, 9.17) is 0 Å². The Morgan fingerprint density at radius 1 is 1.17 bits per heavy atom. The van der Waals surface area contributed by atoms with Crippen LogP contribution in [0.3, 0.4) is 0 Å². The van der Waals surface area contributed by atoms with E-state index in [-0.39, 0.29) is 16.8 Å². The second kappa shape index (κ2) is 6.58. The topological polar surface area (TPSA) is 91.4 Å². The fourth-order valence-electron chi connectivity index (χ4n) is 2.55. The van der Waals surface area contributed by atoms with Gasteiger partial charge in [0.1, 0.15) is 5.82 Å². The highest BCUT2D eigenvalue weighted by atomic mass is 32.2. The number of aromatic nitrogens is 1. The lowest BCUT2D eigenvalue weighted by molar-refractivity contribution is 0.0592. The van der Waals surface area contributed by atoms with E-state index in [0.717, 1.165) is 0 Å². The van der Waals surface area contributed by atoms with Crippen LogP contribution >= 0.6 is 0 Å². The number of nitrogens with one attached hydrogen (secondary N) is 2. The molecule has 1 fully saturated rings. The van der Waals surface area contributed by atoms with Gasteiger partial charge in [0.15, 0.2) is 0 Å². The summed E-state index contributed by atoms with van der Waals surface area (Å²) in [5, 5.41) is 2.88. The van der Waals surface area contributed by atoms with Crippen molar-refractivity contribution in [2.24, 2.45) is 0 Å². The lowest BCUT2D eigenvalue weighted by Crippen LogP contribution is -2.60. The van der Waals surface area contributed by atoms with Crippen molar-refractivity contribution in [2.45, 2.75) is 10.9 Å². The van der Waals surface area contributed by atoms with Gasteiger partial charge in [0.05, 0.1) is 16.5 Å². The monoisotopic (exact) mass is 346 g/mol. The van der Waals surface area contributed by atoms with Crippen molar-refractivity contribution in [2.75, 3.05) is 25.5 Å². The Balaban J connectivity index is 1.63. The summed E-state index contributed by atoms with van der Waals surface area (Å²) in [6.07, 6.45) is 1.61. The van der Waals surface area contributed by atoms with E-state index in [9.17, 15) is 13.2 Å². The molecular weight excluding hydrogens is 328 g/mol. The molecule has 3 rings (SSSR count). The Hall–Kier alpha value is -2.45. The molecule has 0 atom stereocenters. The number of hydrogen-bond acceptors (Lipinski definition) is 5. The number of benzene rings is 1. The first-order chi connectivity index (χ1) is 11.5. The molecule has 2 N–H and O–H groups in total. The average Bonchev–Trinajstić information content (AvgIpc) is 2.58. The van der Waals surface area contributed by atoms with Crippen LogP contribution in [-0.2, 0) is 10.0 Å². The van der Waals surface area contributed by atoms with Crippen molar-refractivity contribution < 1.29 is 13.2 Å². The van der Waals surface area contributed by atoms with Crippen LogP contribution in [0, 0.1) is 0 Å². The highest BCUT2D eigenvalue weighted by Gasteiger charge is 2.35. The normalized spacial score (nSPS) is 15.0. The molecule has 1 amide bonds. The molecule has 2 heterocycles. The molecule has 0 unspecified atom stereocenters. The van der Waals surface area contributed by atoms with Crippen LogP contribution in [0.2, 0.25) is 0 Å². The summed E-state index contributed by atoms with van der Waals surface area (Å²) in [5.74, 6) is 0.346. The van der Waals surface area contributed by atoms with E-state index in [0.29, 0.717) is 24.5 Å². The molecule has 0 radical (unpaired) electrons. The SMILES string of the molecule is CNc1ncccc1C(=O)N1CC(NS(=O)(=O)c2ccccc2)C1. The Bertz CT molecular complexity index is 833. The van der Waals surface area contributed by atoms with Crippen LogP contribution in [0.25, 0.3) is 0 Å². The number of amides is 1.